The lowest BCUT2D eigenvalue weighted by molar-refractivity contribution is 0.810. The lowest BCUT2D eigenvalue weighted by atomic mass is 10.6. The number of nitrogen functional groups attached to an aromatic ring is 1. The minimum atomic E-state index is 0.440. The van der Waals surface area contributed by atoms with Crippen molar-refractivity contribution >= 4 is 5.82 Å². The molecule has 5 heteroatoms. The predicted molar refractivity (Wildman–Crippen MR) is 43.6 cm³/mol. The molecule has 0 saturated carbocycles. The first-order valence-corrected chi connectivity index (χ1v) is 3.45. The summed E-state index contributed by atoms with van der Waals surface area (Å²) in [7, 11) is 0. The Morgan fingerprint density at radius 2 is 2.25 bits per heavy atom. The van der Waals surface area contributed by atoms with Crippen LogP contribution in [-0.2, 0) is 0 Å². The Hall–Kier alpha value is -1.91. The van der Waals surface area contributed by atoms with E-state index in [4.69, 9.17) is 5.73 Å². The molecule has 12 heavy (non-hydrogen) atoms. The molecule has 0 aliphatic rings. The summed E-state index contributed by atoms with van der Waals surface area (Å²) in [5.41, 5.74) is 5.47. The fraction of sp³-hybridized carbons (Fsp3) is 0. The van der Waals surface area contributed by atoms with E-state index in [0.717, 1.165) is 0 Å². The summed E-state index contributed by atoms with van der Waals surface area (Å²) in [5, 5.41) is 3.96. The third-order valence-corrected chi connectivity index (χ3v) is 1.37. The third-order valence-electron chi connectivity index (χ3n) is 1.37. The molecule has 2 aromatic heterocycles. The first-order valence-electron chi connectivity index (χ1n) is 3.45. The van der Waals surface area contributed by atoms with Crippen LogP contribution in [0.4, 0.5) is 5.82 Å². The zero-order valence-electron chi connectivity index (χ0n) is 6.25. The van der Waals surface area contributed by atoms with Crippen LogP contribution in [0.1, 0.15) is 0 Å². The van der Waals surface area contributed by atoms with E-state index >= 15 is 0 Å². The van der Waals surface area contributed by atoms with Gasteiger partial charge >= 0.3 is 0 Å². The van der Waals surface area contributed by atoms with E-state index in [1.807, 2.05) is 0 Å². The van der Waals surface area contributed by atoms with Gasteiger partial charge in [0.25, 0.3) is 5.95 Å². The van der Waals surface area contributed by atoms with Crippen molar-refractivity contribution in [2.45, 2.75) is 0 Å². The van der Waals surface area contributed by atoms with Crippen LogP contribution in [0.25, 0.3) is 5.95 Å². The zero-order valence-corrected chi connectivity index (χ0v) is 6.25. The number of nitrogens with zero attached hydrogens (tertiary/aromatic N) is 4. The van der Waals surface area contributed by atoms with Crippen LogP contribution in [0.5, 0.6) is 0 Å². The van der Waals surface area contributed by atoms with Gasteiger partial charge in [-0.3, -0.25) is 0 Å². The molecule has 2 rings (SSSR count). The Morgan fingerprint density at radius 1 is 1.33 bits per heavy atom. The molecule has 2 N–H and O–H groups in total. The summed E-state index contributed by atoms with van der Waals surface area (Å²) in [6, 6.07) is 3.43. The average Bonchev–Trinajstić information content (AvgIpc) is 2.56. The Morgan fingerprint density at radius 3 is 2.92 bits per heavy atom. The van der Waals surface area contributed by atoms with Gasteiger partial charge in [0.05, 0.1) is 0 Å². The fourth-order valence-electron chi connectivity index (χ4n) is 0.859. The average molecular weight is 161 g/mol. The van der Waals surface area contributed by atoms with Crippen molar-refractivity contribution in [2.24, 2.45) is 0 Å². The molecule has 0 aliphatic carbocycles. The molecule has 2 heterocycles. The molecular formula is C7H7N5. The molecular weight excluding hydrogens is 154 g/mol. The predicted octanol–water partition coefficient (Wildman–Crippen LogP) is 0.244. The topological polar surface area (TPSA) is 69.6 Å². The second-order valence-corrected chi connectivity index (χ2v) is 2.23. The molecule has 0 saturated heterocycles. The van der Waals surface area contributed by atoms with Crippen LogP contribution in [-0.4, -0.2) is 19.7 Å². The maximum Gasteiger partial charge on any atom is 0.252 e. The highest BCUT2D eigenvalue weighted by Crippen LogP contribution is 2.00. The standard InChI is InChI=1S/C7H7N5/c8-6-2-4-9-7(11-6)12-5-1-3-10-12/h1-5H,(H2,8,9,11). The molecule has 2 aromatic rings. The smallest absolute Gasteiger partial charge is 0.252 e. The van der Waals surface area contributed by atoms with E-state index in [9.17, 15) is 0 Å². The lowest BCUT2D eigenvalue weighted by Crippen LogP contribution is -2.02. The van der Waals surface area contributed by atoms with Crippen molar-refractivity contribution < 1.29 is 0 Å². The molecule has 60 valence electrons. The van der Waals surface area contributed by atoms with Gasteiger partial charge in [0.1, 0.15) is 5.82 Å². The lowest BCUT2D eigenvalue weighted by Gasteiger charge is -1.98. The molecule has 0 aromatic carbocycles. The number of anilines is 1. The van der Waals surface area contributed by atoms with Crippen molar-refractivity contribution in [2.75, 3.05) is 5.73 Å². The highest BCUT2D eigenvalue weighted by molar-refractivity contribution is 5.28. The van der Waals surface area contributed by atoms with E-state index in [1.54, 1.807) is 35.4 Å². The van der Waals surface area contributed by atoms with Gasteiger partial charge in [0.15, 0.2) is 0 Å². The van der Waals surface area contributed by atoms with Crippen LogP contribution in [0.3, 0.4) is 0 Å². The largest absolute Gasteiger partial charge is 0.384 e. The van der Waals surface area contributed by atoms with Gasteiger partial charge in [-0.1, -0.05) is 0 Å². The minimum Gasteiger partial charge on any atom is -0.384 e. The Bertz CT molecular complexity index is 367. The Labute approximate surface area is 68.9 Å². The maximum atomic E-state index is 5.47. The monoisotopic (exact) mass is 161 g/mol. The first kappa shape index (κ1) is 6.78. The van der Waals surface area contributed by atoms with Crippen LogP contribution < -0.4 is 5.73 Å². The van der Waals surface area contributed by atoms with Gasteiger partial charge in [-0.2, -0.15) is 10.1 Å². The molecule has 0 radical (unpaired) electrons. The van der Waals surface area contributed by atoms with Crippen molar-refractivity contribution in [3.63, 3.8) is 0 Å². The first-order chi connectivity index (χ1) is 5.86. The third kappa shape index (κ3) is 1.12. The highest BCUT2D eigenvalue weighted by Gasteiger charge is 1.97. The van der Waals surface area contributed by atoms with Crippen LogP contribution in [0, 0.1) is 0 Å². The summed E-state index contributed by atoms with van der Waals surface area (Å²) in [6.45, 7) is 0. The van der Waals surface area contributed by atoms with Gasteiger partial charge in [-0.25, -0.2) is 9.67 Å². The fourth-order valence-corrected chi connectivity index (χ4v) is 0.859. The van der Waals surface area contributed by atoms with Crippen LogP contribution in [0.2, 0.25) is 0 Å². The highest BCUT2D eigenvalue weighted by atomic mass is 15.3. The number of rotatable bonds is 1. The number of nitrogens with two attached hydrogens (primary N) is 1. The van der Waals surface area contributed by atoms with Gasteiger partial charge in [0.2, 0.25) is 0 Å². The van der Waals surface area contributed by atoms with Crippen molar-refractivity contribution in [1.29, 1.82) is 0 Å². The molecule has 0 bridgehead atoms. The SMILES string of the molecule is Nc1ccnc(-n2cccn2)n1. The quantitative estimate of drug-likeness (QED) is 0.650. The molecule has 0 unspecified atom stereocenters. The molecule has 0 amide bonds. The Balaban J connectivity index is 2.48. The molecule has 0 spiro atoms. The summed E-state index contributed by atoms with van der Waals surface area (Å²) >= 11 is 0. The van der Waals surface area contributed by atoms with E-state index in [-0.39, 0.29) is 0 Å². The Kier molecular flexibility index (Phi) is 1.48. The second-order valence-electron chi connectivity index (χ2n) is 2.23. The zero-order chi connectivity index (χ0) is 8.39. The minimum absolute atomic E-state index is 0.440. The van der Waals surface area contributed by atoms with Gasteiger partial charge < -0.3 is 5.73 Å². The second kappa shape index (κ2) is 2.61. The van der Waals surface area contributed by atoms with Gasteiger partial charge in [0, 0.05) is 18.6 Å². The van der Waals surface area contributed by atoms with E-state index in [2.05, 4.69) is 15.1 Å². The van der Waals surface area contributed by atoms with Gasteiger partial charge in [-0.05, 0) is 12.1 Å². The number of aromatic nitrogens is 4. The van der Waals surface area contributed by atoms with Crippen LogP contribution >= 0.6 is 0 Å². The van der Waals surface area contributed by atoms with E-state index in [1.165, 1.54) is 0 Å². The number of hydrogen-bond donors (Lipinski definition) is 1. The summed E-state index contributed by atoms with van der Waals surface area (Å²) in [5.74, 6) is 0.926. The molecule has 0 aliphatic heterocycles. The van der Waals surface area contributed by atoms with E-state index < -0.39 is 0 Å². The summed E-state index contributed by atoms with van der Waals surface area (Å²) in [6.07, 6.45) is 5.01. The van der Waals surface area contributed by atoms with Gasteiger partial charge in [-0.15, -0.1) is 0 Å². The molecule has 0 fully saturated rings. The van der Waals surface area contributed by atoms with Crippen molar-refractivity contribution in [3.8, 4) is 5.95 Å². The van der Waals surface area contributed by atoms with Crippen LogP contribution in [0.15, 0.2) is 30.7 Å². The van der Waals surface area contributed by atoms with E-state index in [0.29, 0.717) is 11.8 Å². The molecule has 5 nitrogen and oxygen atoms in total. The number of hydrogen-bond acceptors (Lipinski definition) is 4. The van der Waals surface area contributed by atoms with Crippen molar-refractivity contribution in [3.05, 3.63) is 30.7 Å². The summed E-state index contributed by atoms with van der Waals surface area (Å²) in [4.78, 5) is 7.97. The normalized spacial score (nSPS) is 10.0. The summed E-state index contributed by atoms with van der Waals surface area (Å²) < 4.78 is 1.55. The van der Waals surface area contributed by atoms with Crippen molar-refractivity contribution in [1.82, 2.24) is 19.7 Å². The molecule has 0 atom stereocenters. The maximum absolute atomic E-state index is 5.47.